The molecular formula is C34H64O12. The summed E-state index contributed by atoms with van der Waals surface area (Å²) < 4.78 is 59.6. The molecule has 0 atom stereocenters. The van der Waals surface area contributed by atoms with Gasteiger partial charge in [0.15, 0.2) is 17.4 Å². The average molecular weight is 665 g/mol. The van der Waals surface area contributed by atoms with Crippen LogP contribution in [0.5, 0.6) is 0 Å². The van der Waals surface area contributed by atoms with Gasteiger partial charge in [-0.25, -0.2) is 0 Å². The Morgan fingerprint density at radius 2 is 0.500 bits per heavy atom. The highest BCUT2D eigenvalue weighted by Crippen LogP contribution is 2.35. The van der Waals surface area contributed by atoms with Gasteiger partial charge < -0.3 is 57.6 Å². The zero-order chi connectivity index (χ0) is 32.5. The molecule has 2 N–H and O–H groups in total. The predicted octanol–water partition coefficient (Wildman–Crippen LogP) is 4.12. The van der Waals surface area contributed by atoms with E-state index in [1.165, 1.54) is 19.3 Å². The van der Waals surface area contributed by atoms with Crippen LogP contribution in [0.4, 0.5) is 0 Å². The lowest BCUT2D eigenvalue weighted by Gasteiger charge is -2.37. The van der Waals surface area contributed by atoms with E-state index in [9.17, 15) is 0 Å². The van der Waals surface area contributed by atoms with Crippen molar-refractivity contribution in [1.82, 2.24) is 0 Å². The lowest BCUT2D eigenvalue weighted by molar-refractivity contribution is -0.268. The van der Waals surface area contributed by atoms with Crippen molar-refractivity contribution < 1.29 is 57.6 Å². The number of hydrogen-bond acceptors (Lipinski definition) is 12. The summed E-state index contributed by atoms with van der Waals surface area (Å²) in [5, 5.41) is 17.7. The van der Waals surface area contributed by atoms with Crippen LogP contribution in [-0.2, 0) is 47.4 Å². The van der Waals surface area contributed by atoms with Gasteiger partial charge in [-0.2, -0.15) is 0 Å². The van der Waals surface area contributed by atoms with Crippen LogP contribution in [0.3, 0.4) is 0 Å². The molecule has 0 amide bonds. The summed E-state index contributed by atoms with van der Waals surface area (Å²) in [6.45, 7) is 6.24. The van der Waals surface area contributed by atoms with Gasteiger partial charge in [-0.1, -0.05) is 19.3 Å². The van der Waals surface area contributed by atoms with E-state index in [0.717, 1.165) is 77.0 Å². The van der Waals surface area contributed by atoms with E-state index < -0.39 is 17.4 Å². The second-order valence-corrected chi connectivity index (χ2v) is 12.4. The number of ether oxygens (including phenoxy) is 10. The zero-order valence-electron chi connectivity index (χ0n) is 28.4. The fraction of sp³-hybridized carbons (Fsp3) is 1.00. The molecule has 0 aromatic rings. The van der Waals surface area contributed by atoms with E-state index >= 15 is 0 Å². The van der Waals surface area contributed by atoms with Gasteiger partial charge in [0.25, 0.3) is 0 Å². The number of aliphatic hydroxyl groups is 2. The summed E-state index contributed by atoms with van der Waals surface area (Å²) in [5.41, 5.74) is 0. The molecule has 0 radical (unpaired) electrons. The molecule has 3 aliphatic rings. The van der Waals surface area contributed by atoms with E-state index in [1.54, 1.807) is 0 Å². The lowest BCUT2D eigenvalue weighted by atomic mass is 9.94. The van der Waals surface area contributed by atoms with Crippen LogP contribution >= 0.6 is 0 Å². The van der Waals surface area contributed by atoms with Crippen molar-refractivity contribution >= 4 is 0 Å². The third-order valence-electron chi connectivity index (χ3n) is 8.87. The highest BCUT2D eigenvalue weighted by molar-refractivity contribution is 4.77. The second-order valence-electron chi connectivity index (χ2n) is 12.4. The van der Waals surface area contributed by atoms with Crippen molar-refractivity contribution in [2.45, 2.75) is 114 Å². The van der Waals surface area contributed by atoms with Crippen molar-refractivity contribution in [2.24, 2.45) is 0 Å². The summed E-state index contributed by atoms with van der Waals surface area (Å²) >= 11 is 0. The van der Waals surface area contributed by atoms with Gasteiger partial charge >= 0.3 is 0 Å². The molecule has 3 fully saturated rings. The quantitative estimate of drug-likeness (QED) is 0.0921. The van der Waals surface area contributed by atoms with Crippen LogP contribution in [0.25, 0.3) is 0 Å². The molecule has 3 rings (SSSR count). The SMILES string of the molecule is OCCOCCOC1(OCCOCCOC2(OCCOCCOC3(OCCOCCO)CCCCC3)CCCCC2)CCCCC1. The fourth-order valence-corrected chi connectivity index (χ4v) is 6.52. The topological polar surface area (TPSA) is 133 Å². The second kappa shape index (κ2) is 24.6. The Kier molecular flexibility index (Phi) is 21.4. The molecule has 0 unspecified atom stereocenters. The van der Waals surface area contributed by atoms with Crippen LogP contribution in [0.15, 0.2) is 0 Å². The summed E-state index contributed by atoms with van der Waals surface area (Å²) in [5.74, 6) is -1.69. The third kappa shape index (κ3) is 16.3. The minimum absolute atomic E-state index is 0.0172. The molecule has 0 saturated heterocycles. The van der Waals surface area contributed by atoms with Crippen LogP contribution < -0.4 is 0 Å². The molecule has 12 heteroatoms. The van der Waals surface area contributed by atoms with E-state index in [0.29, 0.717) is 92.5 Å². The third-order valence-corrected chi connectivity index (χ3v) is 8.87. The van der Waals surface area contributed by atoms with E-state index in [1.807, 2.05) is 0 Å². The maximum Gasteiger partial charge on any atom is 0.168 e. The molecule has 0 aromatic carbocycles. The molecular weight excluding hydrogens is 600 g/mol. The first-order valence-corrected chi connectivity index (χ1v) is 18.0. The Labute approximate surface area is 276 Å². The molecule has 12 nitrogen and oxygen atoms in total. The standard InChI is InChI=1S/C34H64O12/c35-16-18-37-20-26-41-32(10-4-1-5-11-32)43-28-22-39-24-30-45-34(14-8-3-9-15-34)46-31-25-40-23-29-44-33(12-6-2-7-13-33)42-27-21-38-19-17-36/h35-36H,1-31H2. The van der Waals surface area contributed by atoms with Crippen LogP contribution in [0.1, 0.15) is 96.3 Å². The summed E-state index contributed by atoms with van der Waals surface area (Å²) in [4.78, 5) is 0. The molecule has 0 heterocycles. The average Bonchev–Trinajstić information content (AvgIpc) is 3.09. The Morgan fingerprint density at radius 1 is 0.283 bits per heavy atom. The van der Waals surface area contributed by atoms with Crippen molar-refractivity contribution in [3.63, 3.8) is 0 Å². The normalized spacial score (nSPS) is 21.0. The summed E-state index contributed by atoms with van der Waals surface area (Å²) in [6, 6.07) is 0. The van der Waals surface area contributed by atoms with E-state index in [-0.39, 0.29) is 13.2 Å². The highest BCUT2D eigenvalue weighted by atomic mass is 16.7. The predicted molar refractivity (Wildman–Crippen MR) is 171 cm³/mol. The molecule has 0 aliphatic heterocycles. The molecule has 46 heavy (non-hydrogen) atoms. The van der Waals surface area contributed by atoms with Crippen molar-refractivity contribution in [1.29, 1.82) is 0 Å². The van der Waals surface area contributed by atoms with Gasteiger partial charge in [0, 0.05) is 38.5 Å². The Hall–Kier alpha value is -0.480. The number of rotatable bonds is 28. The van der Waals surface area contributed by atoms with E-state index in [4.69, 9.17) is 57.6 Å². The lowest BCUT2D eigenvalue weighted by Crippen LogP contribution is -2.41. The smallest absolute Gasteiger partial charge is 0.168 e. The molecule has 0 aromatic heterocycles. The fourth-order valence-electron chi connectivity index (χ4n) is 6.52. The van der Waals surface area contributed by atoms with Crippen molar-refractivity contribution in [2.75, 3.05) is 106 Å². The summed E-state index contributed by atoms with van der Waals surface area (Å²) in [7, 11) is 0. The van der Waals surface area contributed by atoms with Gasteiger partial charge in [-0.15, -0.1) is 0 Å². The van der Waals surface area contributed by atoms with Crippen molar-refractivity contribution in [3.8, 4) is 0 Å². The van der Waals surface area contributed by atoms with Crippen LogP contribution in [0, 0.1) is 0 Å². The Bertz CT molecular complexity index is 656. The van der Waals surface area contributed by atoms with Gasteiger partial charge in [0.05, 0.1) is 106 Å². The first-order valence-electron chi connectivity index (χ1n) is 18.0. The minimum Gasteiger partial charge on any atom is -0.394 e. The molecule has 272 valence electrons. The number of hydrogen-bond donors (Lipinski definition) is 2. The summed E-state index contributed by atoms with van der Waals surface area (Å²) in [6.07, 6.45) is 15.4. The van der Waals surface area contributed by atoms with Gasteiger partial charge in [-0.05, 0) is 38.5 Å². The molecule has 0 spiro atoms. The van der Waals surface area contributed by atoms with Crippen LogP contribution in [0.2, 0.25) is 0 Å². The Morgan fingerprint density at radius 3 is 0.717 bits per heavy atom. The van der Waals surface area contributed by atoms with Gasteiger partial charge in [-0.3, -0.25) is 0 Å². The van der Waals surface area contributed by atoms with Gasteiger partial charge in [0.2, 0.25) is 0 Å². The maximum atomic E-state index is 8.87. The monoisotopic (exact) mass is 664 g/mol. The van der Waals surface area contributed by atoms with E-state index in [2.05, 4.69) is 0 Å². The Balaban J connectivity index is 1.26. The largest absolute Gasteiger partial charge is 0.394 e. The molecule has 3 saturated carbocycles. The molecule has 0 bridgehead atoms. The maximum absolute atomic E-state index is 8.87. The van der Waals surface area contributed by atoms with Gasteiger partial charge in [0.1, 0.15) is 0 Å². The number of aliphatic hydroxyl groups excluding tert-OH is 2. The molecule has 3 aliphatic carbocycles. The first kappa shape index (κ1) is 40.0. The van der Waals surface area contributed by atoms with Crippen LogP contribution in [-0.4, -0.2) is 133 Å². The highest BCUT2D eigenvalue weighted by Gasteiger charge is 2.36. The van der Waals surface area contributed by atoms with Crippen molar-refractivity contribution in [3.05, 3.63) is 0 Å². The first-order chi connectivity index (χ1) is 22.7. The minimum atomic E-state index is -0.575. The zero-order valence-corrected chi connectivity index (χ0v) is 28.4.